The topological polar surface area (TPSA) is 37.4 Å². The maximum absolute atomic E-state index is 13.8. The van der Waals surface area contributed by atoms with Crippen molar-refractivity contribution in [2.45, 2.75) is 25.2 Å². The Morgan fingerprint density at radius 3 is 1.67 bits per heavy atom. The second-order valence-corrected chi connectivity index (χ2v) is 9.32. The summed E-state index contributed by atoms with van der Waals surface area (Å²) in [6, 6.07) is 22.5. The SMILES string of the molecule is CCc1cc(Br)ccc1N1C(=O)[C@H]2C3c4ccccc4C(c4ccccc43)[C@@H]2C1=O. The van der Waals surface area contributed by atoms with Crippen LogP contribution in [0.2, 0.25) is 0 Å². The molecule has 1 saturated heterocycles. The number of benzene rings is 3. The van der Waals surface area contributed by atoms with Gasteiger partial charge in [0, 0.05) is 16.3 Å². The Balaban J connectivity index is 1.56. The van der Waals surface area contributed by atoms with Crippen LogP contribution in [0.3, 0.4) is 0 Å². The second-order valence-electron chi connectivity index (χ2n) is 8.40. The van der Waals surface area contributed by atoms with Crippen molar-refractivity contribution in [1.82, 2.24) is 0 Å². The number of halogens is 1. The minimum Gasteiger partial charge on any atom is -0.274 e. The maximum Gasteiger partial charge on any atom is 0.238 e. The van der Waals surface area contributed by atoms with E-state index < -0.39 is 0 Å². The molecular formula is C26H20BrNO2. The summed E-state index contributed by atoms with van der Waals surface area (Å²) in [5.41, 5.74) is 6.56. The molecule has 3 aromatic rings. The van der Waals surface area contributed by atoms with Gasteiger partial charge in [-0.3, -0.25) is 9.59 Å². The molecule has 148 valence electrons. The van der Waals surface area contributed by atoms with E-state index in [0.717, 1.165) is 22.1 Å². The van der Waals surface area contributed by atoms with Gasteiger partial charge >= 0.3 is 0 Å². The molecule has 4 heteroatoms. The maximum atomic E-state index is 13.8. The van der Waals surface area contributed by atoms with Crippen LogP contribution < -0.4 is 4.90 Å². The molecule has 1 aliphatic heterocycles. The van der Waals surface area contributed by atoms with Gasteiger partial charge in [0.05, 0.1) is 17.5 Å². The zero-order valence-corrected chi connectivity index (χ0v) is 18.1. The minimum absolute atomic E-state index is 0.0546. The van der Waals surface area contributed by atoms with Gasteiger partial charge in [-0.1, -0.05) is 71.4 Å². The minimum atomic E-state index is -0.333. The quantitative estimate of drug-likeness (QED) is 0.482. The molecule has 30 heavy (non-hydrogen) atoms. The fraction of sp³-hybridized carbons (Fsp3) is 0.231. The molecule has 4 aliphatic rings. The molecule has 1 heterocycles. The third-order valence-electron chi connectivity index (χ3n) is 7.11. The summed E-state index contributed by atoms with van der Waals surface area (Å²) in [5.74, 6) is -0.896. The van der Waals surface area contributed by atoms with E-state index in [-0.39, 0.29) is 35.5 Å². The first-order chi connectivity index (χ1) is 14.6. The molecule has 0 unspecified atom stereocenters. The van der Waals surface area contributed by atoms with E-state index in [9.17, 15) is 9.59 Å². The highest BCUT2D eigenvalue weighted by Crippen LogP contribution is 2.61. The van der Waals surface area contributed by atoms with Crippen LogP contribution in [0.5, 0.6) is 0 Å². The van der Waals surface area contributed by atoms with Gasteiger partial charge in [-0.15, -0.1) is 0 Å². The van der Waals surface area contributed by atoms with Crippen molar-refractivity contribution in [3.8, 4) is 0 Å². The van der Waals surface area contributed by atoms with Crippen molar-refractivity contribution in [2.75, 3.05) is 4.90 Å². The Kier molecular flexibility index (Phi) is 3.85. The zero-order chi connectivity index (χ0) is 20.6. The third-order valence-corrected chi connectivity index (χ3v) is 7.61. The monoisotopic (exact) mass is 457 g/mol. The second kappa shape index (κ2) is 6.39. The van der Waals surface area contributed by atoms with Gasteiger partial charge in [0.25, 0.3) is 0 Å². The van der Waals surface area contributed by atoms with Crippen LogP contribution in [0.1, 0.15) is 46.6 Å². The number of carbonyl (C=O) groups excluding carboxylic acids is 2. The number of hydrogen-bond donors (Lipinski definition) is 0. The molecular weight excluding hydrogens is 438 g/mol. The lowest BCUT2D eigenvalue weighted by molar-refractivity contribution is -0.122. The molecule has 0 N–H and O–H groups in total. The largest absolute Gasteiger partial charge is 0.274 e. The average Bonchev–Trinajstić information content (AvgIpc) is 3.04. The van der Waals surface area contributed by atoms with Crippen LogP contribution in [0.25, 0.3) is 0 Å². The fourth-order valence-electron chi connectivity index (χ4n) is 5.97. The molecule has 3 nitrogen and oxygen atoms in total. The van der Waals surface area contributed by atoms with Crippen LogP contribution in [0.15, 0.2) is 71.2 Å². The third kappa shape index (κ3) is 2.20. The fourth-order valence-corrected chi connectivity index (χ4v) is 6.38. The number of nitrogens with zero attached hydrogens (tertiary/aromatic N) is 1. The van der Waals surface area contributed by atoms with Crippen molar-refractivity contribution in [3.05, 3.63) is 99.0 Å². The number of rotatable bonds is 2. The standard InChI is InChI=1S/C26H20BrNO2/c1-2-14-13-15(27)11-12-20(14)28-25(29)23-21-16-7-3-4-8-17(16)22(24(23)26(28)30)19-10-6-5-9-18(19)21/h3-13,21-24H,2H2,1H3/t21?,22?,23-,24-/m0/s1. The van der Waals surface area contributed by atoms with Crippen molar-refractivity contribution in [3.63, 3.8) is 0 Å². The summed E-state index contributed by atoms with van der Waals surface area (Å²) >= 11 is 3.52. The highest BCUT2D eigenvalue weighted by Gasteiger charge is 2.61. The van der Waals surface area contributed by atoms with Gasteiger partial charge < -0.3 is 0 Å². The van der Waals surface area contributed by atoms with Crippen molar-refractivity contribution in [2.24, 2.45) is 11.8 Å². The van der Waals surface area contributed by atoms with E-state index in [1.165, 1.54) is 27.2 Å². The van der Waals surface area contributed by atoms with E-state index in [2.05, 4.69) is 47.1 Å². The zero-order valence-electron chi connectivity index (χ0n) is 16.5. The molecule has 3 aliphatic carbocycles. The van der Waals surface area contributed by atoms with E-state index in [4.69, 9.17) is 0 Å². The lowest BCUT2D eigenvalue weighted by Crippen LogP contribution is -2.41. The predicted octanol–water partition coefficient (Wildman–Crippen LogP) is 5.41. The Hall–Kier alpha value is -2.72. The molecule has 2 bridgehead atoms. The predicted molar refractivity (Wildman–Crippen MR) is 120 cm³/mol. The first kappa shape index (κ1) is 18.1. The van der Waals surface area contributed by atoms with Crippen LogP contribution in [0, 0.1) is 11.8 Å². The van der Waals surface area contributed by atoms with E-state index in [1.54, 1.807) is 0 Å². The molecule has 1 fully saturated rings. The van der Waals surface area contributed by atoms with E-state index in [0.29, 0.717) is 0 Å². The van der Waals surface area contributed by atoms with Gasteiger partial charge in [-0.2, -0.15) is 0 Å². The molecule has 2 atom stereocenters. The lowest BCUT2D eigenvalue weighted by atomic mass is 9.55. The summed E-state index contributed by atoms with van der Waals surface area (Å²) in [6.07, 6.45) is 0.758. The average molecular weight is 458 g/mol. The number of amides is 2. The Morgan fingerprint density at radius 2 is 1.23 bits per heavy atom. The first-order valence-corrected chi connectivity index (χ1v) is 11.2. The van der Waals surface area contributed by atoms with Crippen molar-refractivity contribution >= 4 is 33.4 Å². The van der Waals surface area contributed by atoms with Crippen LogP contribution >= 0.6 is 15.9 Å². The molecule has 7 rings (SSSR count). The van der Waals surface area contributed by atoms with Crippen LogP contribution in [0.4, 0.5) is 5.69 Å². The highest BCUT2D eigenvalue weighted by molar-refractivity contribution is 9.10. The molecule has 0 saturated carbocycles. The number of imide groups is 1. The molecule has 0 aromatic heterocycles. The van der Waals surface area contributed by atoms with Gasteiger partial charge in [-0.25, -0.2) is 4.90 Å². The normalized spacial score (nSPS) is 25.9. The number of aryl methyl sites for hydroxylation is 1. The Labute approximate surface area is 183 Å². The highest BCUT2D eigenvalue weighted by atomic mass is 79.9. The number of anilines is 1. The van der Waals surface area contributed by atoms with Crippen LogP contribution in [-0.2, 0) is 16.0 Å². The summed E-state index contributed by atoms with van der Waals surface area (Å²) in [7, 11) is 0. The van der Waals surface area contributed by atoms with E-state index >= 15 is 0 Å². The molecule has 0 spiro atoms. The molecule has 3 aromatic carbocycles. The van der Waals surface area contributed by atoms with Gasteiger partial charge in [0.1, 0.15) is 0 Å². The Morgan fingerprint density at radius 1 is 0.767 bits per heavy atom. The lowest BCUT2D eigenvalue weighted by Gasteiger charge is -2.45. The van der Waals surface area contributed by atoms with Crippen LogP contribution in [-0.4, -0.2) is 11.8 Å². The summed E-state index contributed by atoms with van der Waals surface area (Å²) < 4.78 is 0.958. The Bertz CT molecular complexity index is 1120. The van der Waals surface area contributed by atoms with Crippen molar-refractivity contribution in [1.29, 1.82) is 0 Å². The smallest absolute Gasteiger partial charge is 0.238 e. The molecule has 2 amide bonds. The first-order valence-electron chi connectivity index (χ1n) is 10.5. The summed E-state index contributed by atoms with van der Waals surface area (Å²) in [4.78, 5) is 29.1. The van der Waals surface area contributed by atoms with E-state index in [1.807, 2.05) is 42.5 Å². The summed E-state index contributed by atoms with van der Waals surface area (Å²) in [6.45, 7) is 2.05. The van der Waals surface area contributed by atoms with Gasteiger partial charge in [0.15, 0.2) is 0 Å². The number of carbonyl (C=O) groups is 2. The number of hydrogen-bond acceptors (Lipinski definition) is 2. The van der Waals surface area contributed by atoms with Crippen molar-refractivity contribution < 1.29 is 9.59 Å². The summed E-state index contributed by atoms with van der Waals surface area (Å²) in [5, 5.41) is 0. The van der Waals surface area contributed by atoms with Gasteiger partial charge in [-0.05, 0) is 52.4 Å². The molecule has 0 radical (unpaired) electrons. The van der Waals surface area contributed by atoms with Gasteiger partial charge in [0.2, 0.25) is 11.8 Å².